The van der Waals surface area contributed by atoms with E-state index in [0.717, 1.165) is 16.9 Å². The molecule has 0 amide bonds. The van der Waals surface area contributed by atoms with Crippen molar-refractivity contribution in [3.05, 3.63) is 59.2 Å². The van der Waals surface area contributed by atoms with Crippen LogP contribution in [0.1, 0.15) is 16.7 Å². The largest absolute Gasteiger partial charge is 0.491 e. The Morgan fingerprint density at radius 3 is 2.46 bits per heavy atom. The summed E-state index contributed by atoms with van der Waals surface area (Å²) in [6, 6.07) is 13.6. The fourth-order valence-corrected chi connectivity index (χ4v) is 2.78. The molecule has 5 heteroatoms. The highest BCUT2D eigenvalue weighted by atomic mass is 19.1. The molecule has 1 N–H and O–H groups in total. The van der Waals surface area contributed by atoms with Crippen molar-refractivity contribution < 1.29 is 19.0 Å². The number of ether oxygens (including phenoxy) is 2. The van der Waals surface area contributed by atoms with Crippen molar-refractivity contribution in [2.24, 2.45) is 0 Å². The van der Waals surface area contributed by atoms with Crippen molar-refractivity contribution in [3.63, 3.8) is 0 Å². The second kappa shape index (κ2) is 10.1. The third kappa shape index (κ3) is 6.65. The van der Waals surface area contributed by atoms with Gasteiger partial charge in [-0.25, -0.2) is 4.39 Å². The number of rotatable bonds is 10. The highest BCUT2D eigenvalue weighted by Gasteiger charge is 2.11. The monoisotopic (exact) mass is 361 g/mol. The average molecular weight is 361 g/mol. The molecule has 0 saturated carbocycles. The Bertz CT molecular complexity index is 675. The summed E-state index contributed by atoms with van der Waals surface area (Å²) in [6.07, 6.45) is -0.576. The lowest BCUT2D eigenvalue weighted by Crippen LogP contribution is -2.32. The van der Waals surface area contributed by atoms with Crippen LogP contribution in [0.2, 0.25) is 0 Å². The standard InChI is InChI=1S/C21H28FNO3/c1-16-4-9-21(17(2)12-16)26-15-19(24)14-23(3)13-18-5-7-20(8-6-18)25-11-10-22/h4-9,12,19,24H,10-11,13-15H2,1-3H3/t19-/m1/s1. The predicted octanol–water partition coefficient (Wildman–Crippen LogP) is 3.52. The molecule has 0 aliphatic carbocycles. The molecule has 2 aromatic carbocycles. The molecule has 26 heavy (non-hydrogen) atoms. The van der Waals surface area contributed by atoms with Gasteiger partial charge in [0.05, 0.1) is 0 Å². The van der Waals surface area contributed by atoms with Gasteiger partial charge in [0, 0.05) is 13.1 Å². The number of likely N-dealkylation sites (N-methyl/N-ethyl adjacent to an activating group) is 1. The van der Waals surface area contributed by atoms with Crippen molar-refractivity contribution in [3.8, 4) is 11.5 Å². The van der Waals surface area contributed by atoms with Crippen LogP contribution in [0, 0.1) is 13.8 Å². The topological polar surface area (TPSA) is 41.9 Å². The zero-order chi connectivity index (χ0) is 18.9. The Balaban J connectivity index is 1.76. The number of hydrogen-bond donors (Lipinski definition) is 1. The molecular weight excluding hydrogens is 333 g/mol. The highest BCUT2D eigenvalue weighted by molar-refractivity contribution is 5.35. The number of aliphatic hydroxyl groups excluding tert-OH is 1. The van der Waals surface area contributed by atoms with Gasteiger partial charge in [-0.1, -0.05) is 29.8 Å². The number of hydrogen-bond acceptors (Lipinski definition) is 4. The van der Waals surface area contributed by atoms with Crippen LogP contribution in [-0.2, 0) is 6.54 Å². The normalized spacial score (nSPS) is 12.2. The van der Waals surface area contributed by atoms with Crippen LogP contribution >= 0.6 is 0 Å². The molecule has 0 aromatic heterocycles. The second-order valence-electron chi connectivity index (χ2n) is 6.61. The Morgan fingerprint density at radius 1 is 1.08 bits per heavy atom. The predicted molar refractivity (Wildman–Crippen MR) is 102 cm³/mol. The van der Waals surface area contributed by atoms with Gasteiger partial charge >= 0.3 is 0 Å². The van der Waals surface area contributed by atoms with Crippen molar-refractivity contribution in [1.29, 1.82) is 0 Å². The van der Waals surface area contributed by atoms with Gasteiger partial charge in [-0.2, -0.15) is 0 Å². The van der Waals surface area contributed by atoms with Crippen LogP contribution in [0.3, 0.4) is 0 Å². The molecule has 1 atom stereocenters. The number of halogens is 1. The Kier molecular flexibility index (Phi) is 7.88. The zero-order valence-electron chi connectivity index (χ0n) is 15.7. The number of benzene rings is 2. The Labute approximate surface area is 155 Å². The van der Waals surface area contributed by atoms with Crippen LogP contribution in [0.4, 0.5) is 4.39 Å². The first-order valence-electron chi connectivity index (χ1n) is 8.82. The Hall–Kier alpha value is -2.11. The van der Waals surface area contributed by atoms with Crippen LogP contribution in [0.5, 0.6) is 11.5 Å². The summed E-state index contributed by atoms with van der Waals surface area (Å²) in [7, 11) is 1.95. The lowest BCUT2D eigenvalue weighted by molar-refractivity contribution is 0.0741. The van der Waals surface area contributed by atoms with Gasteiger partial charge in [-0.3, -0.25) is 4.90 Å². The summed E-state index contributed by atoms with van der Waals surface area (Å²) >= 11 is 0. The van der Waals surface area contributed by atoms with E-state index in [1.54, 1.807) is 0 Å². The van der Waals surface area contributed by atoms with Gasteiger partial charge in [0.2, 0.25) is 0 Å². The minimum absolute atomic E-state index is 0.0753. The molecule has 0 heterocycles. The summed E-state index contributed by atoms with van der Waals surface area (Å²) in [6.45, 7) is 5.08. The van der Waals surface area contributed by atoms with Crippen molar-refractivity contribution >= 4 is 0 Å². The minimum atomic E-state index is -0.576. The molecule has 0 unspecified atom stereocenters. The van der Waals surface area contributed by atoms with Gasteiger partial charge in [-0.15, -0.1) is 0 Å². The number of aliphatic hydroxyl groups is 1. The van der Waals surface area contributed by atoms with Crippen LogP contribution in [-0.4, -0.2) is 49.6 Å². The quantitative estimate of drug-likeness (QED) is 0.703. The average Bonchev–Trinajstić information content (AvgIpc) is 2.60. The van der Waals surface area contributed by atoms with Crippen LogP contribution < -0.4 is 9.47 Å². The van der Waals surface area contributed by atoms with Gasteiger partial charge in [0.25, 0.3) is 0 Å². The first-order chi connectivity index (χ1) is 12.5. The molecular formula is C21H28FNO3. The molecule has 2 rings (SSSR count). The summed E-state index contributed by atoms with van der Waals surface area (Å²) < 4.78 is 23.1. The van der Waals surface area contributed by atoms with Crippen LogP contribution in [0.15, 0.2) is 42.5 Å². The van der Waals surface area contributed by atoms with Crippen molar-refractivity contribution in [2.75, 3.05) is 33.5 Å². The first-order valence-corrected chi connectivity index (χ1v) is 8.82. The third-order valence-electron chi connectivity index (χ3n) is 4.01. The SMILES string of the molecule is Cc1ccc(OC[C@H](O)CN(C)Cc2ccc(OCCF)cc2)c(C)c1. The van der Waals surface area contributed by atoms with E-state index >= 15 is 0 Å². The second-order valence-corrected chi connectivity index (χ2v) is 6.61. The molecule has 0 saturated heterocycles. The first kappa shape index (κ1) is 20.2. The van der Waals surface area contributed by atoms with E-state index in [4.69, 9.17) is 9.47 Å². The lowest BCUT2D eigenvalue weighted by atomic mass is 10.1. The molecule has 2 aromatic rings. The van der Waals surface area contributed by atoms with E-state index in [1.807, 2.05) is 62.2 Å². The number of aryl methyl sites for hydroxylation is 2. The van der Waals surface area contributed by atoms with Gasteiger partial charge in [0.1, 0.15) is 37.5 Å². The molecule has 0 aliphatic heterocycles. The third-order valence-corrected chi connectivity index (χ3v) is 4.01. The number of nitrogens with zero attached hydrogens (tertiary/aromatic N) is 1. The fraction of sp³-hybridized carbons (Fsp3) is 0.429. The summed E-state index contributed by atoms with van der Waals surface area (Å²) in [5, 5.41) is 10.2. The molecule has 4 nitrogen and oxygen atoms in total. The summed E-state index contributed by atoms with van der Waals surface area (Å²) in [5.74, 6) is 1.47. The molecule has 0 fully saturated rings. The van der Waals surface area contributed by atoms with E-state index in [0.29, 0.717) is 18.8 Å². The van der Waals surface area contributed by atoms with E-state index in [1.165, 1.54) is 5.56 Å². The van der Waals surface area contributed by atoms with Gasteiger partial charge in [-0.05, 0) is 50.2 Å². The van der Waals surface area contributed by atoms with Gasteiger partial charge < -0.3 is 14.6 Å². The van der Waals surface area contributed by atoms with Gasteiger partial charge in [0.15, 0.2) is 0 Å². The number of alkyl halides is 1. The van der Waals surface area contributed by atoms with E-state index in [9.17, 15) is 9.50 Å². The molecule has 0 aliphatic rings. The molecule has 0 spiro atoms. The van der Waals surface area contributed by atoms with Crippen LogP contribution in [0.25, 0.3) is 0 Å². The summed E-state index contributed by atoms with van der Waals surface area (Å²) in [4.78, 5) is 2.04. The maximum absolute atomic E-state index is 12.1. The van der Waals surface area contributed by atoms with E-state index in [-0.39, 0.29) is 13.2 Å². The van der Waals surface area contributed by atoms with E-state index < -0.39 is 12.8 Å². The maximum atomic E-state index is 12.1. The minimum Gasteiger partial charge on any atom is -0.491 e. The van der Waals surface area contributed by atoms with E-state index in [2.05, 4.69) is 6.07 Å². The van der Waals surface area contributed by atoms with Crippen molar-refractivity contribution in [1.82, 2.24) is 4.90 Å². The Morgan fingerprint density at radius 2 is 1.81 bits per heavy atom. The zero-order valence-corrected chi connectivity index (χ0v) is 15.7. The molecule has 142 valence electrons. The summed E-state index contributed by atoms with van der Waals surface area (Å²) in [5.41, 5.74) is 3.36. The fourth-order valence-electron chi connectivity index (χ4n) is 2.78. The molecule has 0 bridgehead atoms. The lowest BCUT2D eigenvalue weighted by Gasteiger charge is -2.21. The van der Waals surface area contributed by atoms with Crippen molar-refractivity contribution in [2.45, 2.75) is 26.5 Å². The molecule has 0 radical (unpaired) electrons. The maximum Gasteiger partial charge on any atom is 0.123 e. The smallest absolute Gasteiger partial charge is 0.123 e. The highest BCUT2D eigenvalue weighted by Crippen LogP contribution is 2.19.